The Morgan fingerprint density at radius 3 is 2.56 bits per heavy atom. The molecule has 9 heteroatoms. The minimum atomic E-state index is 0.000178. The maximum absolute atomic E-state index is 10.9. The van der Waals surface area contributed by atoms with Crippen LogP contribution in [0, 0.1) is 0 Å². The van der Waals surface area contributed by atoms with E-state index >= 15 is 0 Å². The van der Waals surface area contributed by atoms with Crippen molar-refractivity contribution in [3.8, 4) is 11.6 Å². The molecule has 0 saturated heterocycles. The van der Waals surface area contributed by atoms with Crippen LogP contribution >= 0.6 is 35.4 Å². The van der Waals surface area contributed by atoms with Crippen molar-refractivity contribution in [1.82, 2.24) is 4.57 Å². The van der Waals surface area contributed by atoms with Crippen LogP contribution < -0.4 is 10.1 Å². The van der Waals surface area contributed by atoms with E-state index in [4.69, 9.17) is 40.2 Å². The van der Waals surface area contributed by atoms with E-state index in [9.17, 15) is 5.11 Å². The average Bonchev–Trinajstić information content (AvgIpc) is 3.05. The molecule has 0 atom stereocenters. The number of anilines is 1. The Morgan fingerprint density at radius 2 is 1.84 bits per heavy atom. The molecule has 0 aliphatic carbocycles. The first-order chi connectivity index (χ1) is 15.5. The Balaban J connectivity index is 1.60. The van der Waals surface area contributed by atoms with Crippen molar-refractivity contribution in [2.45, 2.75) is 6.54 Å². The van der Waals surface area contributed by atoms with E-state index in [0.29, 0.717) is 33.7 Å². The zero-order valence-electron chi connectivity index (χ0n) is 16.9. The van der Waals surface area contributed by atoms with E-state index in [0.717, 1.165) is 16.5 Å². The van der Waals surface area contributed by atoms with E-state index in [1.54, 1.807) is 29.9 Å². The topological polar surface area (TPSA) is 71.1 Å². The second-order valence-corrected chi connectivity index (χ2v) is 8.11. The number of methoxy groups -OCH3 is 1. The van der Waals surface area contributed by atoms with E-state index in [-0.39, 0.29) is 11.0 Å². The Morgan fingerprint density at radius 1 is 1.09 bits per heavy atom. The summed E-state index contributed by atoms with van der Waals surface area (Å²) < 4.78 is 6.91. The number of hydrogen-bond donors (Lipinski definition) is 2. The molecule has 0 aliphatic heterocycles. The third-order valence-corrected chi connectivity index (χ3v) is 5.55. The highest BCUT2D eigenvalue weighted by Crippen LogP contribution is 2.39. The fourth-order valence-corrected chi connectivity index (χ4v) is 3.83. The summed E-state index contributed by atoms with van der Waals surface area (Å²) in [6, 6.07) is 20.2. The zero-order chi connectivity index (χ0) is 22.7. The SMILES string of the molecule is COc1ccc(NC(=S)N=Nc2c(O)n(Cc3ccc(Cl)cc3)c3ccccc23)cc1Cl. The van der Waals surface area contributed by atoms with Crippen molar-refractivity contribution < 1.29 is 9.84 Å². The summed E-state index contributed by atoms with van der Waals surface area (Å²) >= 11 is 17.4. The summed E-state index contributed by atoms with van der Waals surface area (Å²) in [6.45, 7) is 0.450. The molecule has 0 bridgehead atoms. The molecule has 32 heavy (non-hydrogen) atoms. The third kappa shape index (κ3) is 4.70. The average molecular weight is 485 g/mol. The summed E-state index contributed by atoms with van der Waals surface area (Å²) in [7, 11) is 1.54. The van der Waals surface area contributed by atoms with E-state index in [2.05, 4.69) is 15.5 Å². The number of aromatic hydroxyl groups is 1. The lowest BCUT2D eigenvalue weighted by atomic mass is 10.2. The Hall–Kier alpha value is -3.13. The minimum absolute atomic E-state index is 0.000178. The number of thiocarbonyl (C=S) groups is 1. The van der Waals surface area contributed by atoms with Crippen molar-refractivity contribution in [1.29, 1.82) is 0 Å². The van der Waals surface area contributed by atoms with Gasteiger partial charge in [-0.2, -0.15) is 0 Å². The van der Waals surface area contributed by atoms with Crippen LogP contribution in [0.5, 0.6) is 11.6 Å². The van der Waals surface area contributed by atoms with Crippen molar-refractivity contribution in [3.63, 3.8) is 0 Å². The van der Waals surface area contributed by atoms with Gasteiger partial charge in [-0.1, -0.05) is 53.5 Å². The van der Waals surface area contributed by atoms with Crippen molar-refractivity contribution >= 4 is 62.8 Å². The molecule has 0 spiro atoms. The lowest BCUT2D eigenvalue weighted by Gasteiger charge is -2.07. The predicted molar refractivity (Wildman–Crippen MR) is 133 cm³/mol. The van der Waals surface area contributed by atoms with Crippen LogP contribution in [-0.2, 0) is 6.54 Å². The summed E-state index contributed by atoms with van der Waals surface area (Å²) in [5.41, 5.74) is 2.80. The molecule has 0 aliphatic rings. The highest BCUT2D eigenvalue weighted by molar-refractivity contribution is 7.80. The van der Waals surface area contributed by atoms with Gasteiger partial charge in [-0.05, 0) is 54.2 Å². The first-order valence-corrected chi connectivity index (χ1v) is 10.7. The first kappa shape index (κ1) is 22.1. The number of hydrogen-bond acceptors (Lipinski definition) is 4. The number of nitrogens with one attached hydrogen (secondary N) is 1. The Kier molecular flexibility index (Phi) is 6.60. The van der Waals surface area contributed by atoms with Gasteiger partial charge in [0.2, 0.25) is 11.0 Å². The van der Waals surface area contributed by atoms with Gasteiger partial charge in [-0.25, -0.2) is 0 Å². The summed E-state index contributed by atoms with van der Waals surface area (Å²) in [4.78, 5) is 0. The standard InChI is InChI=1S/C23H18Cl2N4O2S/c1-31-20-11-10-16(12-18(20)25)26-23(32)28-27-21-17-4-2-3-5-19(17)29(22(21)30)13-14-6-8-15(24)9-7-14/h2-12,30H,13H2,1H3,(H,26,32). The molecule has 4 rings (SSSR count). The largest absolute Gasteiger partial charge is 0.495 e. The number of rotatable bonds is 5. The van der Waals surface area contributed by atoms with Crippen LogP contribution in [0.3, 0.4) is 0 Å². The smallest absolute Gasteiger partial charge is 0.221 e. The van der Waals surface area contributed by atoms with Gasteiger partial charge in [0.1, 0.15) is 5.75 Å². The number of halogens is 2. The van der Waals surface area contributed by atoms with Gasteiger partial charge in [0.05, 0.1) is 24.2 Å². The van der Waals surface area contributed by atoms with E-state index in [1.165, 1.54) is 0 Å². The summed E-state index contributed by atoms with van der Waals surface area (Å²) in [5, 5.41) is 24.2. The van der Waals surface area contributed by atoms with Gasteiger partial charge >= 0.3 is 0 Å². The fourth-order valence-electron chi connectivity index (χ4n) is 3.29. The molecular weight excluding hydrogens is 467 g/mol. The van der Waals surface area contributed by atoms with Gasteiger partial charge in [-0.3, -0.25) is 0 Å². The number of fused-ring (bicyclic) bond motifs is 1. The lowest BCUT2D eigenvalue weighted by molar-refractivity contribution is 0.415. The van der Waals surface area contributed by atoms with Crippen LogP contribution in [0.15, 0.2) is 77.0 Å². The maximum Gasteiger partial charge on any atom is 0.221 e. The number of azo groups is 1. The highest BCUT2D eigenvalue weighted by atomic mass is 35.5. The van der Waals surface area contributed by atoms with E-state index in [1.807, 2.05) is 48.5 Å². The monoisotopic (exact) mass is 484 g/mol. The van der Waals surface area contributed by atoms with E-state index < -0.39 is 0 Å². The normalized spacial score (nSPS) is 11.2. The number of aromatic nitrogens is 1. The molecule has 0 amide bonds. The molecule has 3 aromatic carbocycles. The molecular formula is C23H18Cl2N4O2S. The first-order valence-electron chi connectivity index (χ1n) is 9.57. The zero-order valence-corrected chi connectivity index (χ0v) is 19.2. The van der Waals surface area contributed by atoms with Gasteiger partial charge < -0.3 is 19.7 Å². The molecule has 0 unspecified atom stereocenters. The lowest BCUT2D eigenvalue weighted by Crippen LogP contribution is -2.04. The molecule has 162 valence electrons. The van der Waals surface area contributed by atoms with Crippen molar-refractivity contribution in [2.24, 2.45) is 10.2 Å². The summed E-state index contributed by atoms with van der Waals surface area (Å²) in [6.07, 6.45) is 0. The maximum atomic E-state index is 10.9. The molecule has 1 heterocycles. The van der Waals surface area contributed by atoms with Crippen LogP contribution in [0.25, 0.3) is 10.9 Å². The van der Waals surface area contributed by atoms with Gasteiger partial charge in [0.15, 0.2) is 5.69 Å². The number of para-hydroxylation sites is 1. The van der Waals surface area contributed by atoms with Crippen LogP contribution in [0.2, 0.25) is 10.0 Å². The van der Waals surface area contributed by atoms with Crippen molar-refractivity contribution in [3.05, 3.63) is 82.3 Å². The summed E-state index contributed by atoms with van der Waals surface area (Å²) in [5.74, 6) is 0.559. The Bertz CT molecular complexity index is 1320. The second-order valence-electron chi connectivity index (χ2n) is 6.88. The van der Waals surface area contributed by atoms with Crippen LogP contribution in [-0.4, -0.2) is 21.9 Å². The van der Waals surface area contributed by atoms with Gasteiger partial charge in [0, 0.05) is 16.1 Å². The molecule has 0 saturated carbocycles. The van der Waals surface area contributed by atoms with Crippen molar-refractivity contribution in [2.75, 3.05) is 12.4 Å². The van der Waals surface area contributed by atoms with Gasteiger partial charge in [-0.15, -0.1) is 10.2 Å². The highest BCUT2D eigenvalue weighted by Gasteiger charge is 2.17. The third-order valence-electron chi connectivity index (χ3n) is 4.82. The Labute approximate surface area is 200 Å². The molecule has 1 aromatic heterocycles. The minimum Gasteiger partial charge on any atom is -0.495 e. The molecule has 0 radical (unpaired) electrons. The van der Waals surface area contributed by atoms with Crippen LogP contribution in [0.1, 0.15) is 5.56 Å². The fraction of sp³-hybridized carbons (Fsp3) is 0.0870. The second kappa shape index (κ2) is 9.56. The predicted octanol–water partition coefficient (Wildman–Crippen LogP) is 7.19. The molecule has 0 fully saturated rings. The number of nitrogens with zero attached hydrogens (tertiary/aromatic N) is 3. The molecule has 6 nitrogen and oxygen atoms in total. The quantitative estimate of drug-likeness (QED) is 0.232. The van der Waals surface area contributed by atoms with Crippen LogP contribution in [0.4, 0.5) is 11.4 Å². The molecule has 2 N–H and O–H groups in total. The van der Waals surface area contributed by atoms with Gasteiger partial charge in [0.25, 0.3) is 0 Å². The number of ether oxygens (including phenoxy) is 1. The number of benzene rings is 3. The molecule has 4 aromatic rings.